The van der Waals surface area contributed by atoms with Crippen molar-refractivity contribution in [3.63, 3.8) is 0 Å². The van der Waals surface area contributed by atoms with Gasteiger partial charge in [-0.25, -0.2) is 4.68 Å². The van der Waals surface area contributed by atoms with E-state index in [1.165, 1.54) is 21.6 Å². The van der Waals surface area contributed by atoms with Crippen LogP contribution < -0.4 is 0 Å². The molecule has 27 heavy (non-hydrogen) atoms. The van der Waals surface area contributed by atoms with Gasteiger partial charge in [0.1, 0.15) is 0 Å². The minimum atomic E-state index is -0.210. The minimum Gasteiger partial charge on any atom is -0.395 e. The van der Waals surface area contributed by atoms with E-state index in [4.69, 9.17) is 5.11 Å². The molecule has 1 saturated heterocycles. The maximum absolute atomic E-state index is 12.3. The van der Waals surface area contributed by atoms with E-state index < -0.39 is 0 Å². The highest BCUT2D eigenvalue weighted by molar-refractivity contribution is 5.91. The van der Waals surface area contributed by atoms with Gasteiger partial charge in [-0.3, -0.25) is 9.69 Å². The number of hydrogen-bond donors (Lipinski definition) is 1. The zero-order valence-corrected chi connectivity index (χ0v) is 16.4. The lowest BCUT2D eigenvalue weighted by atomic mass is 10.0. The first-order chi connectivity index (χ1) is 13.0. The SMILES string of the molecule is Cc1ccc(CN2CCC[C@H](n3cc(C(=O)N(C)CCO)nn3)C2)c(C)c1. The van der Waals surface area contributed by atoms with E-state index in [9.17, 15) is 4.79 Å². The van der Waals surface area contributed by atoms with Crippen molar-refractivity contribution in [3.05, 3.63) is 46.8 Å². The largest absolute Gasteiger partial charge is 0.395 e. The van der Waals surface area contributed by atoms with Gasteiger partial charge >= 0.3 is 0 Å². The second-order valence-electron chi connectivity index (χ2n) is 7.50. The lowest BCUT2D eigenvalue weighted by Gasteiger charge is -2.32. The molecule has 1 amide bonds. The Morgan fingerprint density at radius 3 is 2.93 bits per heavy atom. The first kappa shape index (κ1) is 19.5. The minimum absolute atomic E-state index is 0.0631. The molecule has 1 aromatic carbocycles. The number of carbonyl (C=O) groups excluding carboxylic acids is 1. The van der Waals surface area contributed by atoms with Crippen molar-refractivity contribution in [1.82, 2.24) is 24.8 Å². The fourth-order valence-corrected chi connectivity index (χ4v) is 3.66. The van der Waals surface area contributed by atoms with Gasteiger partial charge in [-0.15, -0.1) is 5.10 Å². The molecule has 0 spiro atoms. The van der Waals surface area contributed by atoms with Crippen molar-refractivity contribution < 1.29 is 9.90 Å². The number of piperidine rings is 1. The van der Waals surface area contributed by atoms with E-state index in [-0.39, 0.29) is 18.6 Å². The average molecular weight is 371 g/mol. The summed E-state index contributed by atoms with van der Waals surface area (Å²) >= 11 is 0. The third-order valence-corrected chi connectivity index (χ3v) is 5.26. The van der Waals surface area contributed by atoms with Gasteiger partial charge in [0.15, 0.2) is 5.69 Å². The normalized spacial score (nSPS) is 17.9. The van der Waals surface area contributed by atoms with Crippen LogP contribution in [0.3, 0.4) is 0 Å². The number of hydrogen-bond acceptors (Lipinski definition) is 5. The van der Waals surface area contributed by atoms with Crippen molar-refractivity contribution in [2.75, 3.05) is 33.3 Å². The van der Waals surface area contributed by atoms with Crippen LogP contribution in [0.25, 0.3) is 0 Å². The maximum Gasteiger partial charge on any atom is 0.275 e. The van der Waals surface area contributed by atoms with Crippen LogP contribution in [-0.2, 0) is 6.54 Å². The summed E-state index contributed by atoms with van der Waals surface area (Å²) in [4.78, 5) is 16.2. The Hall–Kier alpha value is -2.25. The molecule has 2 heterocycles. The molecule has 1 fully saturated rings. The molecule has 0 unspecified atom stereocenters. The maximum atomic E-state index is 12.3. The number of aliphatic hydroxyl groups excluding tert-OH is 1. The summed E-state index contributed by atoms with van der Waals surface area (Å²) in [7, 11) is 1.66. The van der Waals surface area contributed by atoms with Crippen LogP contribution >= 0.6 is 0 Å². The van der Waals surface area contributed by atoms with Gasteiger partial charge in [0.2, 0.25) is 0 Å². The summed E-state index contributed by atoms with van der Waals surface area (Å²) in [6.45, 7) is 7.42. The topological polar surface area (TPSA) is 74.5 Å². The van der Waals surface area contributed by atoms with Crippen molar-refractivity contribution in [1.29, 1.82) is 0 Å². The molecule has 1 atom stereocenters. The smallest absolute Gasteiger partial charge is 0.275 e. The summed E-state index contributed by atoms with van der Waals surface area (Å²) in [5.41, 5.74) is 4.32. The van der Waals surface area contributed by atoms with Crippen molar-refractivity contribution >= 4 is 5.91 Å². The molecule has 0 saturated carbocycles. The summed E-state index contributed by atoms with van der Waals surface area (Å²) in [5.74, 6) is -0.210. The predicted molar refractivity (Wildman–Crippen MR) is 104 cm³/mol. The summed E-state index contributed by atoms with van der Waals surface area (Å²) in [6, 6.07) is 6.84. The van der Waals surface area contributed by atoms with Crippen LogP contribution in [0.4, 0.5) is 0 Å². The van der Waals surface area contributed by atoms with Gasteiger partial charge < -0.3 is 10.0 Å². The Balaban J connectivity index is 1.65. The summed E-state index contributed by atoms with van der Waals surface area (Å²) in [6.07, 6.45) is 3.87. The molecule has 1 aliphatic heterocycles. The summed E-state index contributed by atoms with van der Waals surface area (Å²) < 4.78 is 1.83. The zero-order valence-electron chi connectivity index (χ0n) is 16.4. The third kappa shape index (κ3) is 4.73. The van der Waals surface area contributed by atoms with Crippen LogP contribution in [0.1, 0.15) is 46.1 Å². The number of amides is 1. The molecule has 1 aliphatic rings. The Labute approximate surface area is 160 Å². The lowest BCUT2D eigenvalue weighted by Crippen LogP contribution is -2.36. The third-order valence-electron chi connectivity index (χ3n) is 5.26. The predicted octanol–water partition coefficient (Wildman–Crippen LogP) is 1.80. The number of aliphatic hydroxyl groups is 1. The van der Waals surface area contributed by atoms with Crippen LogP contribution in [0.15, 0.2) is 24.4 Å². The molecule has 2 aromatic rings. The Bertz CT molecular complexity index is 788. The van der Waals surface area contributed by atoms with Gasteiger partial charge in [0, 0.05) is 26.7 Å². The number of carbonyl (C=O) groups is 1. The lowest BCUT2D eigenvalue weighted by molar-refractivity contribution is 0.0761. The molecule has 1 N–H and O–H groups in total. The van der Waals surface area contributed by atoms with Crippen LogP contribution in [0.2, 0.25) is 0 Å². The van der Waals surface area contributed by atoms with E-state index in [1.807, 2.05) is 4.68 Å². The van der Waals surface area contributed by atoms with E-state index in [0.717, 1.165) is 32.5 Å². The molecular formula is C20H29N5O2. The van der Waals surface area contributed by atoms with Crippen molar-refractivity contribution in [2.24, 2.45) is 0 Å². The zero-order chi connectivity index (χ0) is 19.4. The first-order valence-corrected chi connectivity index (χ1v) is 9.54. The molecule has 3 rings (SSSR count). The highest BCUT2D eigenvalue weighted by atomic mass is 16.3. The first-order valence-electron chi connectivity index (χ1n) is 9.54. The van der Waals surface area contributed by atoms with Crippen molar-refractivity contribution in [2.45, 2.75) is 39.3 Å². The second-order valence-corrected chi connectivity index (χ2v) is 7.50. The summed E-state index contributed by atoms with van der Waals surface area (Å²) in [5, 5.41) is 17.2. The van der Waals surface area contributed by atoms with Gasteiger partial charge in [0.05, 0.1) is 18.8 Å². The molecule has 1 aromatic heterocycles. The molecule has 146 valence electrons. The van der Waals surface area contributed by atoms with Crippen LogP contribution in [0.5, 0.6) is 0 Å². The van der Waals surface area contributed by atoms with Crippen LogP contribution in [-0.4, -0.2) is 69.1 Å². The molecular weight excluding hydrogens is 342 g/mol. The quantitative estimate of drug-likeness (QED) is 0.838. The Kier molecular flexibility index (Phi) is 6.23. The van der Waals surface area contributed by atoms with E-state index in [2.05, 4.69) is 47.3 Å². The fourth-order valence-electron chi connectivity index (χ4n) is 3.66. The molecule has 7 nitrogen and oxygen atoms in total. The Morgan fingerprint density at radius 1 is 1.37 bits per heavy atom. The number of nitrogens with zero attached hydrogens (tertiary/aromatic N) is 5. The standard InChI is InChI=1S/C20H29N5O2/c1-15-6-7-17(16(2)11-15)12-24-8-4-5-18(13-24)25-14-19(21-22-25)20(27)23(3)9-10-26/h6-7,11,14,18,26H,4-5,8-10,12-13H2,1-3H3/t18-/m0/s1. The number of aromatic nitrogens is 3. The highest BCUT2D eigenvalue weighted by Crippen LogP contribution is 2.23. The monoisotopic (exact) mass is 371 g/mol. The van der Waals surface area contributed by atoms with Gasteiger partial charge in [0.25, 0.3) is 5.91 Å². The van der Waals surface area contributed by atoms with E-state index in [1.54, 1.807) is 13.2 Å². The number of likely N-dealkylation sites (N-methyl/N-ethyl adjacent to an activating group) is 1. The second kappa shape index (κ2) is 8.63. The highest BCUT2D eigenvalue weighted by Gasteiger charge is 2.24. The van der Waals surface area contributed by atoms with Gasteiger partial charge in [-0.05, 0) is 44.4 Å². The Morgan fingerprint density at radius 2 is 2.19 bits per heavy atom. The number of rotatable bonds is 6. The van der Waals surface area contributed by atoms with E-state index in [0.29, 0.717) is 12.2 Å². The van der Waals surface area contributed by atoms with Crippen molar-refractivity contribution in [3.8, 4) is 0 Å². The molecule has 7 heteroatoms. The van der Waals surface area contributed by atoms with Gasteiger partial charge in [-0.1, -0.05) is 29.0 Å². The van der Waals surface area contributed by atoms with Gasteiger partial charge in [-0.2, -0.15) is 0 Å². The number of aryl methyl sites for hydroxylation is 2. The molecule has 0 bridgehead atoms. The number of benzene rings is 1. The number of likely N-dealkylation sites (tertiary alicyclic amines) is 1. The van der Waals surface area contributed by atoms with Crippen LogP contribution in [0, 0.1) is 13.8 Å². The van der Waals surface area contributed by atoms with E-state index >= 15 is 0 Å². The molecule has 0 aliphatic carbocycles. The fraction of sp³-hybridized carbons (Fsp3) is 0.550. The average Bonchev–Trinajstić information content (AvgIpc) is 3.14. The molecule has 0 radical (unpaired) electrons.